The third kappa shape index (κ3) is 10.7. The molecule has 1 aliphatic rings. The molecule has 3 rings (SSSR count). The van der Waals surface area contributed by atoms with E-state index in [9.17, 15) is 4.79 Å². The monoisotopic (exact) mass is 501 g/mol. The van der Waals surface area contributed by atoms with Crippen molar-refractivity contribution < 1.29 is 19.4 Å². The second-order valence-electron chi connectivity index (χ2n) is 8.61. The van der Waals surface area contributed by atoms with Gasteiger partial charge in [0.05, 0.1) is 33.0 Å². The molecule has 1 amide bonds. The van der Waals surface area contributed by atoms with Gasteiger partial charge in [0.25, 0.3) is 5.91 Å². The molecule has 0 radical (unpaired) electrons. The molecule has 2 aromatic rings. The molecule has 0 unspecified atom stereocenters. The summed E-state index contributed by atoms with van der Waals surface area (Å²) in [7, 11) is 0. The van der Waals surface area contributed by atoms with Crippen LogP contribution in [-0.2, 0) is 9.47 Å². The zero-order valence-corrected chi connectivity index (χ0v) is 20.9. The summed E-state index contributed by atoms with van der Waals surface area (Å²) in [5.74, 6) is 1.93. The molecule has 11 heteroatoms. The summed E-state index contributed by atoms with van der Waals surface area (Å²) in [4.78, 5) is 25.2. The van der Waals surface area contributed by atoms with Crippen LogP contribution in [0.25, 0.3) is 0 Å². The van der Waals surface area contributed by atoms with Gasteiger partial charge in [-0.2, -0.15) is 15.0 Å². The van der Waals surface area contributed by atoms with E-state index in [-0.39, 0.29) is 12.5 Å². The highest BCUT2D eigenvalue weighted by molar-refractivity contribution is 5.94. The number of anilines is 3. The maximum absolute atomic E-state index is 11.9. The maximum Gasteiger partial charge on any atom is 0.251 e. The summed E-state index contributed by atoms with van der Waals surface area (Å²) >= 11 is 0. The van der Waals surface area contributed by atoms with E-state index in [1.165, 1.54) is 32.1 Å². The van der Waals surface area contributed by atoms with Crippen LogP contribution in [0.15, 0.2) is 30.3 Å². The first-order valence-electron chi connectivity index (χ1n) is 12.8. The average molecular weight is 502 g/mol. The van der Waals surface area contributed by atoms with Gasteiger partial charge in [0, 0.05) is 31.7 Å². The summed E-state index contributed by atoms with van der Waals surface area (Å²) in [5, 5.41) is 21.4. The van der Waals surface area contributed by atoms with Gasteiger partial charge in [-0.05, 0) is 30.9 Å². The number of aliphatic hydroxyl groups is 1. The fourth-order valence-electron chi connectivity index (χ4n) is 3.89. The Kier molecular flexibility index (Phi) is 12.7. The lowest BCUT2D eigenvalue weighted by Crippen LogP contribution is -2.27. The van der Waals surface area contributed by atoms with Gasteiger partial charge in [0.15, 0.2) is 0 Å². The lowest BCUT2D eigenvalue weighted by Gasteiger charge is -2.21. The molecule has 1 heterocycles. The van der Waals surface area contributed by atoms with Crippen molar-refractivity contribution >= 4 is 23.8 Å². The molecular weight excluding hydrogens is 462 g/mol. The molecular formula is C25H39N7O4. The lowest BCUT2D eigenvalue weighted by atomic mass is 9.89. The van der Waals surface area contributed by atoms with Crippen molar-refractivity contribution in [2.75, 3.05) is 75.2 Å². The Bertz CT molecular complexity index is 882. The van der Waals surface area contributed by atoms with Crippen LogP contribution in [0.4, 0.5) is 17.8 Å². The number of hydrogen-bond donors (Lipinski definition) is 5. The fourth-order valence-corrected chi connectivity index (χ4v) is 3.89. The van der Waals surface area contributed by atoms with Crippen LogP contribution in [0.2, 0.25) is 0 Å². The van der Waals surface area contributed by atoms with E-state index in [0.717, 1.165) is 6.54 Å². The first-order valence-corrected chi connectivity index (χ1v) is 12.8. The largest absolute Gasteiger partial charge is 0.395 e. The Morgan fingerprint density at radius 1 is 0.806 bits per heavy atom. The molecule has 0 atom stereocenters. The summed E-state index contributed by atoms with van der Waals surface area (Å²) in [6, 6.07) is 9.09. The van der Waals surface area contributed by atoms with Gasteiger partial charge in [0.1, 0.15) is 0 Å². The van der Waals surface area contributed by atoms with Crippen LogP contribution in [-0.4, -0.2) is 85.2 Å². The second kappa shape index (κ2) is 16.6. The quantitative estimate of drug-likeness (QED) is 0.205. The predicted molar refractivity (Wildman–Crippen MR) is 139 cm³/mol. The number of carbonyl (C=O) groups is 1. The number of rotatable bonds is 17. The second-order valence-corrected chi connectivity index (χ2v) is 8.61. The Hall–Kier alpha value is -3.02. The normalized spacial score (nSPS) is 13.8. The van der Waals surface area contributed by atoms with Gasteiger partial charge in [0.2, 0.25) is 17.8 Å². The number of hydrogen-bond acceptors (Lipinski definition) is 10. The minimum Gasteiger partial charge on any atom is -0.395 e. The van der Waals surface area contributed by atoms with Crippen molar-refractivity contribution in [2.24, 2.45) is 5.92 Å². The van der Waals surface area contributed by atoms with E-state index in [1.807, 2.05) is 18.2 Å². The zero-order valence-electron chi connectivity index (χ0n) is 20.9. The topological polar surface area (TPSA) is 143 Å². The van der Waals surface area contributed by atoms with Crippen molar-refractivity contribution in [3.05, 3.63) is 35.9 Å². The number of amides is 1. The molecule has 1 aliphatic carbocycles. The van der Waals surface area contributed by atoms with Crippen molar-refractivity contribution in [3.8, 4) is 0 Å². The molecule has 1 aromatic heterocycles. The molecule has 1 fully saturated rings. The predicted octanol–water partition coefficient (Wildman–Crippen LogP) is 2.14. The molecule has 0 spiro atoms. The highest BCUT2D eigenvalue weighted by Gasteiger charge is 2.14. The molecule has 0 aliphatic heterocycles. The van der Waals surface area contributed by atoms with Crippen LogP contribution >= 0.6 is 0 Å². The molecule has 11 nitrogen and oxygen atoms in total. The number of ether oxygens (including phenoxy) is 2. The van der Waals surface area contributed by atoms with Crippen LogP contribution in [0.5, 0.6) is 0 Å². The first-order chi connectivity index (χ1) is 17.7. The molecule has 1 aromatic carbocycles. The standard InChI is InChI=1S/C25H39N7O4/c33-14-11-27-23-30-24(32-25(31-23)29-19-20-7-3-1-4-8-20)28-13-16-36-18-17-35-15-12-26-22(34)21-9-5-2-6-10-21/h2,5-6,9-10,20,33H,1,3-4,7-8,11-19H2,(H,26,34)(H3,27,28,29,30,31,32). The molecule has 0 bridgehead atoms. The van der Waals surface area contributed by atoms with Gasteiger partial charge in [-0.15, -0.1) is 0 Å². The van der Waals surface area contributed by atoms with Gasteiger partial charge in [-0.1, -0.05) is 37.5 Å². The number of nitrogens with zero attached hydrogens (tertiary/aromatic N) is 3. The van der Waals surface area contributed by atoms with Crippen molar-refractivity contribution in [1.29, 1.82) is 0 Å². The van der Waals surface area contributed by atoms with Crippen LogP contribution in [0, 0.1) is 5.92 Å². The third-order valence-corrected chi connectivity index (χ3v) is 5.77. The average Bonchev–Trinajstić information content (AvgIpc) is 2.92. The van der Waals surface area contributed by atoms with E-state index in [1.54, 1.807) is 12.1 Å². The van der Waals surface area contributed by atoms with Crippen molar-refractivity contribution in [3.63, 3.8) is 0 Å². The highest BCUT2D eigenvalue weighted by Crippen LogP contribution is 2.23. The van der Waals surface area contributed by atoms with Crippen LogP contribution < -0.4 is 21.3 Å². The van der Waals surface area contributed by atoms with Gasteiger partial charge >= 0.3 is 0 Å². The summed E-state index contributed by atoms with van der Waals surface area (Å²) in [5.41, 5.74) is 0.634. The SMILES string of the molecule is O=C(NCCOCCOCCNc1nc(NCCO)nc(NCC2CCCCC2)n1)c1ccccc1. The third-order valence-electron chi connectivity index (χ3n) is 5.77. The van der Waals surface area contributed by atoms with Crippen LogP contribution in [0.1, 0.15) is 42.5 Å². The number of aliphatic hydroxyl groups excluding tert-OH is 1. The molecule has 198 valence electrons. The minimum absolute atomic E-state index is 0.00537. The summed E-state index contributed by atoms with van der Waals surface area (Å²) in [6.07, 6.45) is 6.38. The summed E-state index contributed by atoms with van der Waals surface area (Å²) in [6.45, 7) is 3.95. The van der Waals surface area contributed by atoms with E-state index in [4.69, 9.17) is 14.6 Å². The zero-order chi connectivity index (χ0) is 25.3. The highest BCUT2D eigenvalue weighted by atomic mass is 16.5. The van der Waals surface area contributed by atoms with E-state index in [2.05, 4.69) is 36.2 Å². The number of benzene rings is 1. The molecule has 0 saturated heterocycles. The van der Waals surface area contributed by atoms with E-state index in [0.29, 0.717) is 75.4 Å². The van der Waals surface area contributed by atoms with Crippen LogP contribution in [0.3, 0.4) is 0 Å². The Labute approximate surface area is 212 Å². The lowest BCUT2D eigenvalue weighted by molar-refractivity contribution is 0.0519. The summed E-state index contributed by atoms with van der Waals surface area (Å²) < 4.78 is 11.1. The molecule has 1 saturated carbocycles. The van der Waals surface area contributed by atoms with Crippen molar-refractivity contribution in [2.45, 2.75) is 32.1 Å². The van der Waals surface area contributed by atoms with E-state index < -0.39 is 0 Å². The van der Waals surface area contributed by atoms with Crippen molar-refractivity contribution in [1.82, 2.24) is 20.3 Å². The number of nitrogens with one attached hydrogen (secondary N) is 4. The van der Waals surface area contributed by atoms with Gasteiger partial charge in [-0.3, -0.25) is 4.79 Å². The number of aromatic nitrogens is 3. The first kappa shape index (κ1) is 27.6. The van der Waals surface area contributed by atoms with E-state index >= 15 is 0 Å². The van der Waals surface area contributed by atoms with Gasteiger partial charge in [-0.25, -0.2) is 0 Å². The smallest absolute Gasteiger partial charge is 0.251 e. The molecule has 5 N–H and O–H groups in total. The molecule has 36 heavy (non-hydrogen) atoms. The maximum atomic E-state index is 11.9. The Balaban J connectivity index is 1.28. The van der Waals surface area contributed by atoms with Gasteiger partial charge < -0.3 is 35.8 Å². The Morgan fingerprint density at radius 3 is 2.08 bits per heavy atom. The Morgan fingerprint density at radius 2 is 1.42 bits per heavy atom. The number of carbonyl (C=O) groups excluding carboxylic acids is 1. The minimum atomic E-state index is -0.109. The fraction of sp³-hybridized carbons (Fsp3) is 0.600.